The fraction of sp³-hybridized carbons (Fsp3) is 0.429. The Morgan fingerprint density at radius 2 is 2.00 bits per heavy atom. The Labute approximate surface area is 85.6 Å². The summed E-state index contributed by atoms with van der Waals surface area (Å²) in [6.07, 6.45) is -10.7. The molecule has 0 saturated heterocycles. The predicted octanol–water partition coefficient (Wildman–Crippen LogP) is 3.50. The van der Waals surface area contributed by atoms with Gasteiger partial charge in [0.15, 0.2) is 5.09 Å². The molecule has 1 heterocycles. The van der Waals surface area contributed by atoms with Crippen LogP contribution in [0.3, 0.4) is 0 Å². The Morgan fingerprint density at radius 1 is 1.33 bits per heavy atom. The van der Waals surface area contributed by atoms with E-state index in [1.165, 1.54) is 18.4 Å². The average molecular weight is 248 g/mol. The summed E-state index contributed by atoms with van der Waals surface area (Å²) in [6, 6.07) is 2.69. The van der Waals surface area contributed by atoms with Crippen LogP contribution in [-0.2, 0) is 4.18 Å². The van der Waals surface area contributed by atoms with Crippen molar-refractivity contribution < 1.29 is 30.6 Å². The molecular weight excluding hydrogens is 243 g/mol. The molecule has 0 spiro atoms. The number of alkyl halides is 5. The lowest BCUT2D eigenvalue weighted by molar-refractivity contribution is -0.223. The van der Waals surface area contributed by atoms with E-state index >= 15 is 0 Å². The van der Waals surface area contributed by atoms with Crippen molar-refractivity contribution in [3.63, 3.8) is 0 Å². The number of furan rings is 1. The summed E-state index contributed by atoms with van der Waals surface area (Å²) >= 11 is 0.124. The third-order valence-corrected chi connectivity index (χ3v) is 1.98. The molecule has 0 N–H and O–H groups in total. The van der Waals surface area contributed by atoms with Crippen LogP contribution in [0, 0.1) is 0 Å². The fourth-order valence-corrected chi connectivity index (χ4v) is 1.27. The Kier molecular flexibility index (Phi) is 3.97. The SMILES string of the molecule is FC(F)C(OSc1ccco1)C(F)(F)F. The molecule has 1 aromatic rings. The topological polar surface area (TPSA) is 22.4 Å². The Balaban J connectivity index is 2.53. The minimum absolute atomic E-state index is 0.0232. The maximum atomic E-state index is 12.0. The zero-order valence-corrected chi connectivity index (χ0v) is 7.82. The summed E-state index contributed by atoms with van der Waals surface area (Å²) in [5.74, 6) is 0. The summed E-state index contributed by atoms with van der Waals surface area (Å²) in [6.45, 7) is 0. The molecule has 0 aliphatic heterocycles. The van der Waals surface area contributed by atoms with Crippen LogP contribution in [0.15, 0.2) is 27.9 Å². The summed E-state index contributed by atoms with van der Waals surface area (Å²) in [5, 5.41) is -0.0232. The third-order valence-electron chi connectivity index (χ3n) is 1.28. The Morgan fingerprint density at radius 3 is 2.40 bits per heavy atom. The molecule has 0 amide bonds. The second-order valence-electron chi connectivity index (χ2n) is 2.41. The maximum Gasteiger partial charge on any atom is 0.421 e. The lowest BCUT2D eigenvalue weighted by atomic mass is 10.4. The smallest absolute Gasteiger partial charge is 0.421 e. The van der Waals surface area contributed by atoms with E-state index in [1.807, 2.05) is 0 Å². The first-order valence-electron chi connectivity index (χ1n) is 3.63. The van der Waals surface area contributed by atoms with Crippen LogP contribution < -0.4 is 0 Å². The van der Waals surface area contributed by atoms with Crippen LogP contribution in [0.1, 0.15) is 0 Å². The molecule has 1 aromatic heterocycles. The van der Waals surface area contributed by atoms with Gasteiger partial charge in [-0.25, -0.2) is 8.78 Å². The van der Waals surface area contributed by atoms with Crippen molar-refractivity contribution in [2.24, 2.45) is 0 Å². The largest absolute Gasteiger partial charge is 0.456 e. The summed E-state index contributed by atoms with van der Waals surface area (Å²) in [4.78, 5) is 0. The van der Waals surface area contributed by atoms with Gasteiger partial charge >= 0.3 is 6.18 Å². The van der Waals surface area contributed by atoms with Gasteiger partial charge in [-0.2, -0.15) is 13.2 Å². The molecule has 1 rings (SSSR count). The van der Waals surface area contributed by atoms with Crippen LogP contribution in [0.5, 0.6) is 0 Å². The maximum absolute atomic E-state index is 12.0. The lowest BCUT2D eigenvalue weighted by Gasteiger charge is -2.17. The summed E-state index contributed by atoms with van der Waals surface area (Å²) in [7, 11) is 0. The fourth-order valence-electron chi connectivity index (χ4n) is 0.650. The second-order valence-corrected chi connectivity index (χ2v) is 3.17. The Bertz CT molecular complexity index is 284. The molecule has 8 heteroatoms. The molecule has 86 valence electrons. The van der Waals surface area contributed by atoms with E-state index in [1.54, 1.807) is 0 Å². The zero-order chi connectivity index (χ0) is 11.5. The van der Waals surface area contributed by atoms with Crippen molar-refractivity contribution in [2.45, 2.75) is 23.8 Å². The highest BCUT2D eigenvalue weighted by Crippen LogP contribution is 2.33. The standard InChI is InChI=1S/C7H5F5O2S/c8-6(9)5(7(10,11)12)14-15-4-2-1-3-13-4/h1-3,5-6H. The normalized spacial score (nSPS) is 14.5. The minimum atomic E-state index is -5.10. The van der Waals surface area contributed by atoms with Gasteiger partial charge in [-0.1, -0.05) is 0 Å². The molecule has 0 fully saturated rings. The van der Waals surface area contributed by atoms with Crippen LogP contribution in [0.4, 0.5) is 22.0 Å². The van der Waals surface area contributed by atoms with Crippen molar-refractivity contribution in [2.75, 3.05) is 0 Å². The second kappa shape index (κ2) is 4.84. The molecule has 0 bridgehead atoms. The van der Waals surface area contributed by atoms with Gasteiger partial charge in [-0.3, -0.25) is 4.18 Å². The first-order valence-corrected chi connectivity index (χ1v) is 4.37. The van der Waals surface area contributed by atoms with Gasteiger partial charge in [-0.15, -0.1) is 0 Å². The molecule has 15 heavy (non-hydrogen) atoms. The van der Waals surface area contributed by atoms with Crippen molar-refractivity contribution >= 4 is 12.0 Å². The molecular formula is C7H5F5O2S. The van der Waals surface area contributed by atoms with Gasteiger partial charge in [0.2, 0.25) is 6.10 Å². The minimum Gasteiger partial charge on any atom is -0.456 e. The highest BCUT2D eigenvalue weighted by atomic mass is 32.2. The van der Waals surface area contributed by atoms with E-state index in [0.717, 1.165) is 0 Å². The third kappa shape index (κ3) is 3.71. The van der Waals surface area contributed by atoms with Gasteiger partial charge < -0.3 is 4.42 Å². The summed E-state index contributed by atoms with van der Waals surface area (Å²) in [5.41, 5.74) is 0. The molecule has 0 saturated carbocycles. The highest BCUT2D eigenvalue weighted by molar-refractivity contribution is 7.94. The van der Waals surface area contributed by atoms with Crippen LogP contribution >= 0.6 is 12.0 Å². The number of hydrogen-bond acceptors (Lipinski definition) is 3. The average Bonchev–Trinajstić information content (AvgIpc) is 2.53. The zero-order valence-electron chi connectivity index (χ0n) is 7.00. The predicted molar refractivity (Wildman–Crippen MR) is 41.5 cm³/mol. The first kappa shape index (κ1) is 12.3. The van der Waals surface area contributed by atoms with Crippen molar-refractivity contribution in [3.8, 4) is 0 Å². The highest BCUT2D eigenvalue weighted by Gasteiger charge is 2.47. The Hall–Kier alpha value is -0.760. The van der Waals surface area contributed by atoms with E-state index in [9.17, 15) is 22.0 Å². The van der Waals surface area contributed by atoms with Crippen molar-refractivity contribution in [1.82, 2.24) is 0 Å². The van der Waals surface area contributed by atoms with E-state index in [2.05, 4.69) is 8.60 Å². The van der Waals surface area contributed by atoms with Gasteiger partial charge in [0, 0.05) is 0 Å². The van der Waals surface area contributed by atoms with Gasteiger partial charge in [0.05, 0.1) is 18.3 Å². The van der Waals surface area contributed by atoms with Crippen LogP contribution in [0.25, 0.3) is 0 Å². The van der Waals surface area contributed by atoms with E-state index in [0.29, 0.717) is 0 Å². The van der Waals surface area contributed by atoms with Crippen LogP contribution in [-0.4, -0.2) is 18.7 Å². The molecule has 0 aromatic carbocycles. The number of halogens is 5. The van der Waals surface area contributed by atoms with Crippen molar-refractivity contribution in [3.05, 3.63) is 18.4 Å². The van der Waals surface area contributed by atoms with Crippen LogP contribution in [0.2, 0.25) is 0 Å². The number of hydrogen-bond donors (Lipinski definition) is 0. The quantitative estimate of drug-likeness (QED) is 0.601. The van der Waals surface area contributed by atoms with E-state index < -0.39 is 18.7 Å². The molecule has 0 aliphatic rings. The van der Waals surface area contributed by atoms with E-state index in [4.69, 9.17) is 0 Å². The van der Waals surface area contributed by atoms with Crippen molar-refractivity contribution in [1.29, 1.82) is 0 Å². The monoisotopic (exact) mass is 248 g/mol. The molecule has 1 unspecified atom stereocenters. The van der Waals surface area contributed by atoms with Gasteiger partial charge in [-0.05, 0) is 12.1 Å². The first-order chi connectivity index (χ1) is 6.91. The lowest BCUT2D eigenvalue weighted by Crippen LogP contribution is -2.36. The summed E-state index contributed by atoms with van der Waals surface area (Å²) < 4.78 is 68.3. The van der Waals surface area contributed by atoms with E-state index in [-0.39, 0.29) is 17.1 Å². The number of rotatable bonds is 4. The molecule has 1 atom stereocenters. The molecule has 2 nitrogen and oxygen atoms in total. The van der Waals surface area contributed by atoms with Gasteiger partial charge in [0.1, 0.15) is 0 Å². The van der Waals surface area contributed by atoms with Gasteiger partial charge in [0.25, 0.3) is 6.43 Å². The molecule has 0 aliphatic carbocycles. The molecule has 0 radical (unpaired) electrons.